The Morgan fingerprint density at radius 3 is 1.47 bits per heavy atom. The van der Waals surface area contributed by atoms with Crippen molar-refractivity contribution >= 4 is 23.6 Å². The molecule has 13 heteroatoms. The van der Waals surface area contributed by atoms with E-state index in [0.717, 1.165) is 53.9 Å². The lowest BCUT2D eigenvalue weighted by Crippen LogP contribution is -2.23. The van der Waals surface area contributed by atoms with Crippen LogP contribution in [0.1, 0.15) is 54.5 Å². The summed E-state index contributed by atoms with van der Waals surface area (Å²) >= 11 is 0. The van der Waals surface area contributed by atoms with Gasteiger partial charge in [0.25, 0.3) is 0 Å². The van der Waals surface area contributed by atoms with Crippen molar-refractivity contribution in [1.29, 1.82) is 0 Å². The number of nitrogens with one attached hydrogen (secondary N) is 1. The molecule has 2 amide bonds. The Bertz CT molecular complexity index is 2750. The van der Waals surface area contributed by atoms with Crippen molar-refractivity contribution in [2.45, 2.75) is 59.4 Å². The average Bonchev–Trinajstić information content (AvgIpc) is 4.14. The SMILES string of the molecule is C1CCOC1.CCc1ccc(Oc2ccc(N3CCOC3=O)cc2F)c(OCc2ccccc2)c1.CCc1ccc(Oc2ccc(NC(=O)OCc3ccccc3)cc2F)c(OCc2ccccc2)c1. The van der Waals surface area contributed by atoms with E-state index in [9.17, 15) is 18.4 Å². The van der Waals surface area contributed by atoms with Crippen molar-refractivity contribution in [1.82, 2.24) is 0 Å². The first-order valence-electron chi connectivity index (χ1n) is 23.3. The summed E-state index contributed by atoms with van der Waals surface area (Å²) < 4.78 is 68.2. The summed E-state index contributed by atoms with van der Waals surface area (Å²) in [6, 6.07) is 48.7. The number of hydrogen-bond acceptors (Lipinski definition) is 9. The van der Waals surface area contributed by atoms with Crippen LogP contribution in [-0.4, -0.2) is 38.6 Å². The van der Waals surface area contributed by atoms with E-state index in [1.807, 2.05) is 122 Å². The van der Waals surface area contributed by atoms with E-state index in [2.05, 4.69) is 12.2 Å². The molecule has 0 saturated carbocycles. The van der Waals surface area contributed by atoms with Crippen LogP contribution in [0, 0.1) is 11.6 Å². The molecule has 70 heavy (non-hydrogen) atoms. The Morgan fingerprint density at radius 1 is 0.543 bits per heavy atom. The van der Waals surface area contributed by atoms with Crippen molar-refractivity contribution in [3.63, 3.8) is 0 Å². The fourth-order valence-electron chi connectivity index (χ4n) is 7.06. The number of ether oxygens (including phenoxy) is 7. The maximum atomic E-state index is 14.8. The number of carbonyl (C=O) groups excluding carboxylic acids is 2. The van der Waals surface area contributed by atoms with E-state index in [-0.39, 0.29) is 23.8 Å². The molecule has 0 atom stereocenters. The third-order valence-electron chi connectivity index (χ3n) is 11.0. The molecule has 0 aromatic heterocycles. The molecule has 1 N–H and O–H groups in total. The van der Waals surface area contributed by atoms with E-state index in [1.54, 1.807) is 24.3 Å². The van der Waals surface area contributed by atoms with Crippen molar-refractivity contribution in [2.24, 2.45) is 0 Å². The molecule has 2 saturated heterocycles. The summed E-state index contributed by atoms with van der Waals surface area (Å²) in [5.74, 6) is 0.779. The molecule has 2 heterocycles. The predicted octanol–water partition coefficient (Wildman–Crippen LogP) is 14.0. The Morgan fingerprint density at radius 2 is 1.03 bits per heavy atom. The zero-order chi connectivity index (χ0) is 48.9. The molecule has 2 fully saturated rings. The molecule has 0 spiro atoms. The van der Waals surface area contributed by atoms with Crippen molar-refractivity contribution in [3.8, 4) is 34.5 Å². The summed E-state index contributed by atoms with van der Waals surface area (Å²) in [4.78, 5) is 25.1. The lowest BCUT2D eigenvalue weighted by molar-refractivity contribution is 0.155. The standard InChI is InChI=1S/C29H26FNO4.C24H22FNO4.C4H8O/c1-2-21-13-15-27(28(17-21)33-19-22-9-5-3-6-10-22)35-26-16-14-24(18-25(26)30)31-29(32)34-20-23-11-7-4-8-12-23;1-2-17-8-10-22(23(14-17)29-16-18-6-4-3-5-7-18)30-21-11-9-19(15-20(21)25)26-12-13-28-24(26)27;1-2-4-5-3-1/h3-18H,2,19-20H2,1H3,(H,31,32);3-11,14-15H,2,12-13,16H2,1H3;1-4H2. The van der Waals surface area contributed by atoms with Gasteiger partial charge in [-0.1, -0.05) is 117 Å². The first-order valence-corrected chi connectivity index (χ1v) is 23.3. The summed E-state index contributed by atoms with van der Waals surface area (Å²) in [5, 5.41) is 2.53. The molecule has 2 aliphatic heterocycles. The minimum absolute atomic E-state index is 0.0158. The first-order chi connectivity index (χ1) is 34.2. The second-order valence-corrected chi connectivity index (χ2v) is 16.1. The Labute approximate surface area is 407 Å². The lowest BCUT2D eigenvalue weighted by atomic mass is 10.1. The maximum absolute atomic E-state index is 14.8. The van der Waals surface area contributed by atoms with Crippen molar-refractivity contribution in [3.05, 3.63) is 203 Å². The molecule has 2 aliphatic rings. The highest BCUT2D eigenvalue weighted by Crippen LogP contribution is 2.37. The normalized spacial score (nSPS) is 12.6. The minimum atomic E-state index is -0.673. The molecule has 11 nitrogen and oxygen atoms in total. The highest BCUT2D eigenvalue weighted by molar-refractivity contribution is 5.89. The van der Waals surface area contributed by atoms with E-state index in [4.69, 9.17) is 33.2 Å². The van der Waals surface area contributed by atoms with Gasteiger partial charge >= 0.3 is 12.2 Å². The Balaban J connectivity index is 0.000000189. The van der Waals surface area contributed by atoms with Gasteiger partial charge in [0.2, 0.25) is 0 Å². The third-order valence-corrected chi connectivity index (χ3v) is 11.0. The number of cyclic esters (lactones) is 1. The van der Waals surface area contributed by atoms with Crippen LogP contribution in [0.4, 0.5) is 29.7 Å². The van der Waals surface area contributed by atoms with Gasteiger partial charge in [-0.05, 0) is 102 Å². The zero-order valence-electron chi connectivity index (χ0n) is 39.2. The molecule has 0 unspecified atom stereocenters. The lowest BCUT2D eigenvalue weighted by Gasteiger charge is -2.16. The molecule has 362 valence electrons. The van der Waals surface area contributed by atoms with Crippen LogP contribution in [-0.2, 0) is 46.9 Å². The first kappa shape index (κ1) is 50.0. The highest BCUT2D eigenvalue weighted by atomic mass is 19.1. The van der Waals surface area contributed by atoms with Gasteiger partial charge in [-0.15, -0.1) is 0 Å². The van der Waals surface area contributed by atoms with E-state index >= 15 is 0 Å². The van der Waals surface area contributed by atoms with Gasteiger partial charge in [-0.25, -0.2) is 18.4 Å². The molecule has 7 aromatic rings. The maximum Gasteiger partial charge on any atom is 0.414 e. The molecular formula is C57H56F2N2O9. The fraction of sp³-hybridized carbons (Fsp3) is 0.228. The molecule has 0 aliphatic carbocycles. The van der Waals surface area contributed by atoms with Crippen LogP contribution in [0.2, 0.25) is 0 Å². The van der Waals surface area contributed by atoms with Crippen LogP contribution in [0.3, 0.4) is 0 Å². The van der Waals surface area contributed by atoms with Crippen LogP contribution in [0.25, 0.3) is 0 Å². The zero-order valence-corrected chi connectivity index (χ0v) is 39.2. The topological polar surface area (TPSA) is 114 Å². The number of rotatable bonds is 16. The number of halogens is 2. The Hall–Kier alpha value is -7.90. The summed E-state index contributed by atoms with van der Waals surface area (Å²) in [6.07, 6.45) is 3.08. The van der Waals surface area contributed by atoms with Gasteiger partial charge in [0.1, 0.15) is 26.4 Å². The molecule has 0 radical (unpaired) electrons. The van der Waals surface area contributed by atoms with Gasteiger partial charge in [0, 0.05) is 31.0 Å². The number of amides is 2. The van der Waals surface area contributed by atoms with Gasteiger partial charge in [-0.3, -0.25) is 10.2 Å². The quantitative estimate of drug-likeness (QED) is 0.101. The number of aryl methyl sites for hydroxylation is 2. The van der Waals surface area contributed by atoms with Gasteiger partial charge in [-0.2, -0.15) is 0 Å². The minimum Gasteiger partial charge on any atom is -0.485 e. The predicted molar refractivity (Wildman–Crippen MR) is 265 cm³/mol. The van der Waals surface area contributed by atoms with Crippen LogP contribution in [0.5, 0.6) is 34.5 Å². The molecule has 0 bridgehead atoms. The summed E-state index contributed by atoms with van der Waals surface area (Å²) in [6.45, 7) is 7.66. The average molecular weight is 951 g/mol. The van der Waals surface area contributed by atoms with Crippen LogP contribution < -0.4 is 29.2 Å². The van der Waals surface area contributed by atoms with E-state index < -0.39 is 23.8 Å². The van der Waals surface area contributed by atoms with Gasteiger partial charge in [0.15, 0.2) is 46.1 Å². The van der Waals surface area contributed by atoms with Gasteiger partial charge in [0.05, 0.1) is 12.2 Å². The van der Waals surface area contributed by atoms with Crippen molar-refractivity contribution in [2.75, 3.05) is 36.6 Å². The Kier molecular flexibility index (Phi) is 18.6. The third kappa shape index (κ3) is 15.1. The number of nitrogens with zero attached hydrogens (tertiary/aromatic N) is 1. The van der Waals surface area contributed by atoms with E-state index in [1.165, 1.54) is 42.0 Å². The van der Waals surface area contributed by atoms with Crippen molar-refractivity contribution < 1.29 is 51.5 Å². The highest BCUT2D eigenvalue weighted by Gasteiger charge is 2.25. The molecular weight excluding hydrogens is 895 g/mol. The largest absolute Gasteiger partial charge is 0.485 e. The monoisotopic (exact) mass is 950 g/mol. The fourth-order valence-corrected chi connectivity index (χ4v) is 7.06. The summed E-state index contributed by atoms with van der Waals surface area (Å²) in [5.41, 5.74) is 5.76. The molecule has 7 aromatic carbocycles. The summed E-state index contributed by atoms with van der Waals surface area (Å²) in [7, 11) is 0. The number of anilines is 2. The van der Waals surface area contributed by atoms with Crippen LogP contribution >= 0.6 is 0 Å². The van der Waals surface area contributed by atoms with E-state index in [0.29, 0.717) is 55.1 Å². The number of benzene rings is 7. The smallest absolute Gasteiger partial charge is 0.414 e. The molecule has 9 rings (SSSR count). The number of carbonyl (C=O) groups is 2. The number of hydrogen-bond donors (Lipinski definition) is 1. The van der Waals surface area contributed by atoms with Crippen LogP contribution in [0.15, 0.2) is 164 Å². The van der Waals surface area contributed by atoms with Gasteiger partial charge < -0.3 is 33.2 Å². The second kappa shape index (κ2) is 26.0. The second-order valence-electron chi connectivity index (χ2n) is 16.1.